The minimum Gasteiger partial charge on any atom is -0.334 e. The number of aromatic nitrogens is 4. The van der Waals surface area contributed by atoms with Gasteiger partial charge in [-0.15, -0.1) is 0 Å². The number of nitrogens with zero attached hydrogens (tertiary/aromatic N) is 3. The van der Waals surface area contributed by atoms with E-state index in [4.69, 9.17) is 11.6 Å². The Morgan fingerprint density at radius 2 is 2.00 bits per heavy atom. The van der Waals surface area contributed by atoms with E-state index in [0.717, 1.165) is 11.1 Å². The van der Waals surface area contributed by atoms with Crippen molar-refractivity contribution in [1.29, 1.82) is 0 Å². The summed E-state index contributed by atoms with van der Waals surface area (Å²) in [5.74, 6) is 0.687. The van der Waals surface area contributed by atoms with Gasteiger partial charge in [-0.05, 0) is 28.1 Å². The Morgan fingerprint density at radius 1 is 1.18 bits per heavy atom. The number of hydrogen-bond acceptors (Lipinski definition) is 3. The molecule has 2 aromatic heterocycles. The molecule has 17 heavy (non-hydrogen) atoms. The fourth-order valence-electron chi connectivity index (χ4n) is 1.58. The van der Waals surface area contributed by atoms with Crippen LogP contribution in [0.15, 0.2) is 35.2 Å². The van der Waals surface area contributed by atoms with Gasteiger partial charge in [-0.1, -0.05) is 23.7 Å². The topological polar surface area (TPSA) is 54.5 Å². The summed E-state index contributed by atoms with van der Waals surface area (Å²) in [4.78, 5) is 15.7. The van der Waals surface area contributed by atoms with Crippen LogP contribution in [-0.4, -0.2) is 19.9 Å². The molecule has 0 amide bonds. The van der Waals surface area contributed by atoms with Gasteiger partial charge >= 0.3 is 0 Å². The van der Waals surface area contributed by atoms with Crippen LogP contribution in [0.25, 0.3) is 22.6 Å². The second-order valence-corrected chi connectivity index (χ2v) is 4.59. The quantitative estimate of drug-likeness (QED) is 0.701. The highest BCUT2D eigenvalue weighted by molar-refractivity contribution is 9.10. The second kappa shape index (κ2) is 4.09. The lowest BCUT2D eigenvalue weighted by Crippen LogP contribution is -1.81. The summed E-state index contributed by atoms with van der Waals surface area (Å²) in [6, 6.07) is 7.52. The minimum atomic E-state index is 0.613. The summed E-state index contributed by atoms with van der Waals surface area (Å²) in [5.41, 5.74) is 2.23. The fraction of sp³-hybridized carbons (Fsp3) is 0. The summed E-state index contributed by atoms with van der Waals surface area (Å²) in [6.45, 7) is 0. The van der Waals surface area contributed by atoms with E-state index in [2.05, 4.69) is 35.9 Å². The number of halogens is 2. The smallest absolute Gasteiger partial charge is 0.182 e. The maximum Gasteiger partial charge on any atom is 0.182 e. The summed E-state index contributed by atoms with van der Waals surface area (Å²) in [5, 5.41) is 0.649. The maximum absolute atomic E-state index is 6.12. The standard InChI is InChI=1S/C11H6BrClN4/c12-9-8-11(15-5-14-9)17-10(16-8)6-3-1-2-4-7(6)13/h1-5H,(H,14,15,16,17). The zero-order valence-corrected chi connectivity index (χ0v) is 10.8. The van der Waals surface area contributed by atoms with Gasteiger partial charge in [0.15, 0.2) is 5.65 Å². The lowest BCUT2D eigenvalue weighted by Gasteiger charge is -1.98. The summed E-state index contributed by atoms with van der Waals surface area (Å²) < 4.78 is 0.688. The lowest BCUT2D eigenvalue weighted by molar-refractivity contribution is 1.17. The van der Waals surface area contributed by atoms with Gasteiger partial charge in [0, 0.05) is 5.56 Å². The van der Waals surface area contributed by atoms with Gasteiger partial charge in [-0.3, -0.25) is 0 Å². The van der Waals surface area contributed by atoms with Crippen molar-refractivity contribution in [2.45, 2.75) is 0 Å². The van der Waals surface area contributed by atoms with Crippen LogP contribution in [0.4, 0.5) is 0 Å². The molecule has 1 N–H and O–H groups in total. The minimum absolute atomic E-state index is 0.613. The van der Waals surface area contributed by atoms with Gasteiger partial charge in [0.2, 0.25) is 0 Å². The molecule has 84 valence electrons. The molecule has 3 rings (SSSR count). The molecule has 3 aromatic rings. The van der Waals surface area contributed by atoms with E-state index in [1.807, 2.05) is 24.3 Å². The predicted molar refractivity (Wildman–Crippen MR) is 69.8 cm³/mol. The van der Waals surface area contributed by atoms with Gasteiger partial charge < -0.3 is 4.98 Å². The van der Waals surface area contributed by atoms with E-state index in [1.54, 1.807) is 0 Å². The van der Waals surface area contributed by atoms with Crippen LogP contribution < -0.4 is 0 Å². The first kappa shape index (κ1) is 10.7. The Bertz CT molecular complexity index is 695. The molecule has 0 saturated heterocycles. The molecule has 0 unspecified atom stereocenters. The molecule has 0 aliphatic rings. The van der Waals surface area contributed by atoms with E-state index in [0.29, 0.717) is 21.1 Å². The van der Waals surface area contributed by atoms with Crippen LogP contribution in [0.5, 0.6) is 0 Å². The third-order valence-electron chi connectivity index (χ3n) is 2.37. The number of H-pyrrole nitrogens is 1. The first-order chi connectivity index (χ1) is 8.25. The molecule has 0 radical (unpaired) electrons. The molecule has 0 fully saturated rings. The van der Waals surface area contributed by atoms with Crippen molar-refractivity contribution in [3.63, 3.8) is 0 Å². The van der Waals surface area contributed by atoms with Crippen LogP contribution >= 0.6 is 27.5 Å². The van der Waals surface area contributed by atoms with Crippen molar-refractivity contribution < 1.29 is 0 Å². The SMILES string of the molecule is Clc1ccccc1-c1nc2ncnc(Br)c2[nH]1. The Morgan fingerprint density at radius 3 is 2.76 bits per heavy atom. The molecule has 2 heterocycles. The second-order valence-electron chi connectivity index (χ2n) is 3.43. The number of benzene rings is 1. The van der Waals surface area contributed by atoms with Crippen molar-refractivity contribution in [2.75, 3.05) is 0 Å². The monoisotopic (exact) mass is 308 g/mol. The van der Waals surface area contributed by atoms with Gasteiger partial charge in [-0.2, -0.15) is 0 Å². The maximum atomic E-state index is 6.12. The molecule has 0 saturated carbocycles. The summed E-state index contributed by atoms with van der Waals surface area (Å²) >= 11 is 9.46. The normalized spacial score (nSPS) is 10.9. The van der Waals surface area contributed by atoms with Gasteiger partial charge in [-0.25, -0.2) is 15.0 Å². The Balaban J connectivity index is 2.26. The van der Waals surface area contributed by atoms with Crippen LogP contribution in [0.1, 0.15) is 0 Å². The zero-order valence-electron chi connectivity index (χ0n) is 8.48. The Hall–Kier alpha value is -1.46. The van der Waals surface area contributed by atoms with Crippen molar-refractivity contribution in [3.05, 3.63) is 40.2 Å². The molecule has 0 aliphatic carbocycles. The number of imidazole rings is 1. The number of hydrogen-bond donors (Lipinski definition) is 1. The van der Waals surface area contributed by atoms with Crippen molar-refractivity contribution in [2.24, 2.45) is 0 Å². The molecule has 0 bridgehead atoms. The van der Waals surface area contributed by atoms with Crippen LogP contribution in [0, 0.1) is 0 Å². The fourth-order valence-corrected chi connectivity index (χ4v) is 2.17. The van der Waals surface area contributed by atoms with Gasteiger partial charge in [0.1, 0.15) is 22.3 Å². The average Bonchev–Trinajstić information content (AvgIpc) is 2.75. The van der Waals surface area contributed by atoms with E-state index in [1.165, 1.54) is 6.33 Å². The van der Waals surface area contributed by atoms with E-state index >= 15 is 0 Å². The number of fused-ring (bicyclic) bond motifs is 1. The number of nitrogens with one attached hydrogen (secondary N) is 1. The van der Waals surface area contributed by atoms with E-state index in [-0.39, 0.29) is 0 Å². The van der Waals surface area contributed by atoms with Crippen LogP contribution in [0.3, 0.4) is 0 Å². The molecule has 4 nitrogen and oxygen atoms in total. The van der Waals surface area contributed by atoms with Gasteiger partial charge in [0.05, 0.1) is 5.02 Å². The Labute approximate surface area is 110 Å². The zero-order chi connectivity index (χ0) is 11.8. The molecule has 0 aliphatic heterocycles. The molecule has 6 heteroatoms. The van der Waals surface area contributed by atoms with Gasteiger partial charge in [0.25, 0.3) is 0 Å². The highest BCUT2D eigenvalue weighted by Gasteiger charge is 2.11. The predicted octanol–water partition coefficient (Wildman–Crippen LogP) is 3.44. The first-order valence-electron chi connectivity index (χ1n) is 4.87. The third kappa shape index (κ3) is 1.81. The molecular weight excluding hydrogens is 304 g/mol. The van der Waals surface area contributed by atoms with Crippen molar-refractivity contribution in [3.8, 4) is 11.4 Å². The van der Waals surface area contributed by atoms with E-state index < -0.39 is 0 Å². The third-order valence-corrected chi connectivity index (χ3v) is 3.30. The molecule has 0 atom stereocenters. The number of aromatic amines is 1. The number of rotatable bonds is 1. The van der Waals surface area contributed by atoms with Crippen molar-refractivity contribution >= 4 is 38.7 Å². The van der Waals surface area contributed by atoms with Crippen molar-refractivity contribution in [1.82, 2.24) is 19.9 Å². The highest BCUT2D eigenvalue weighted by Crippen LogP contribution is 2.27. The van der Waals surface area contributed by atoms with Crippen LogP contribution in [-0.2, 0) is 0 Å². The summed E-state index contributed by atoms with van der Waals surface area (Å²) in [6.07, 6.45) is 1.46. The Kier molecular flexibility index (Phi) is 2.57. The van der Waals surface area contributed by atoms with E-state index in [9.17, 15) is 0 Å². The first-order valence-corrected chi connectivity index (χ1v) is 6.04. The van der Waals surface area contributed by atoms with Crippen LogP contribution in [0.2, 0.25) is 5.02 Å². The molecule has 1 aromatic carbocycles. The molecule has 0 spiro atoms. The molecular formula is C11H6BrClN4. The largest absolute Gasteiger partial charge is 0.334 e. The highest BCUT2D eigenvalue weighted by atomic mass is 79.9. The lowest BCUT2D eigenvalue weighted by atomic mass is 10.2. The summed E-state index contributed by atoms with van der Waals surface area (Å²) in [7, 11) is 0. The average molecular weight is 310 g/mol.